The fraction of sp³-hybridized carbons (Fsp3) is 0.571. The summed E-state index contributed by atoms with van der Waals surface area (Å²) in [5, 5.41) is 6.67. The summed E-state index contributed by atoms with van der Waals surface area (Å²) in [4.78, 5) is 12.9. The summed E-state index contributed by atoms with van der Waals surface area (Å²) in [5.41, 5.74) is 0. The number of aromatic nitrogens is 2. The minimum Gasteiger partial charge on any atom is -0.367 e. The Hall–Kier alpha value is -1.36. The van der Waals surface area contributed by atoms with Gasteiger partial charge in [0, 0.05) is 19.1 Å². The van der Waals surface area contributed by atoms with Crippen LogP contribution in [0.25, 0.3) is 10.2 Å². The number of hydrogen-bond acceptors (Lipinski definition) is 5. The van der Waals surface area contributed by atoms with E-state index < -0.39 is 0 Å². The molecular formula is C14H20N4S. The summed E-state index contributed by atoms with van der Waals surface area (Å²) in [6.07, 6.45) is 3.83. The van der Waals surface area contributed by atoms with Gasteiger partial charge < -0.3 is 10.2 Å². The predicted octanol–water partition coefficient (Wildman–Crippen LogP) is 3.50. The number of nitrogens with zero attached hydrogens (tertiary/aromatic N) is 3. The number of anilines is 2. The van der Waals surface area contributed by atoms with E-state index in [1.807, 2.05) is 0 Å². The number of piperidine rings is 1. The molecule has 3 rings (SSSR count). The van der Waals surface area contributed by atoms with Gasteiger partial charge in [0.05, 0.1) is 5.39 Å². The molecule has 0 amide bonds. The van der Waals surface area contributed by atoms with E-state index in [1.165, 1.54) is 19.3 Å². The summed E-state index contributed by atoms with van der Waals surface area (Å²) in [6, 6.07) is 2.48. The van der Waals surface area contributed by atoms with Gasteiger partial charge in [-0.15, -0.1) is 11.3 Å². The molecule has 102 valence electrons. The molecule has 0 unspecified atom stereocenters. The smallest absolute Gasteiger partial charge is 0.228 e. The second-order valence-electron chi connectivity index (χ2n) is 5.36. The molecular weight excluding hydrogens is 256 g/mol. The number of rotatable bonds is 3. The maximum atomic E-state index is 4.75. The van der Waals surface area contributed by atoms with Gasteiger partial charge in [0.25, 0.3) is 0 Å². The van der Waals surface area contributed by atoms with E-state index >= 15 is 0 Å². The van der Waals surface area contributed by atoms with Crippen molar-refractivity contribution >= 4 is 33.3 Å². The molecule has 0 atom stereocenters. The molecule has 3 heterocycles. The topological polar surface area (TPSA) is 41.1 Å². The zero-order valence-electron chi connectivity index (χ0n) is 11.5. The molecule has 0 spiro atoms. The van der Waals surface area contributed by atoms with Crippen LogP contribution in [0.15, 0.2) is 11.4 Å². The highest BCUT2D eigenvalue weighted by molar-refractivity contribution is 7.16. The summed E-state index contributed by atoms with van der Waals surface area (Å²) < 4.78 is 0. The van der Waals surface area contributed by atoms with Crippen LogP contribution in [-0.2, 0) is 0 Å². The highest BCUT2D eigenvalue weighted by Crippen LogP contribution is 2.28. The summed E-state index contributed by atoms with van der Waals surface area (Å²) in [6.45, 7) is 6.44. The van der Waals surface area contributed by atoms with Crippen molar-refractivity contribution < 1.29 is 0 Å². The summed E-state index contributed by atoms with van der Waals surface area (Å²) in [5.74, 6) is 1.86. The van der Waals surface area contributed by atoms with Crippen molar-refractivity contribution in [2.45, 2.75) is 39.2 Å². The molecule has 0 aliphatic carbocycles. The van der Waals surface area contributed by atoms with E-state index in [-0.39, 0.29) is 0 Å². The fourth-order valence-corrected chi connectivity index (χ4v) is 3.22. The molecule has 0 saturated carbocycles. The molecule has 1 N–H and O–H groups in total. The van der Waals surface area contributed by atoms with Crippen molar-refractivity contribution in [2.24, 2.45) is 0 Å². The van der Waals surface area contributed by atoms with E-state index in [0.29, 0.717) is 6.04 Å². The lowest BCUT2D eigenvalue weighted by Crippen LogP contribution is -2.31. The predicted molar refractivity (Wildman–Crippen MR) is 82.2 cm³/mol. The number of thiophene rings is 1. The van der Waals surface area contributed by atoms with E-state index in [0.717, 1.165) is 35.1 Å². The zero-order chi connectivity index (χ0) is 13.2. The van der Waals surface area contributed by atoms with Gasteiger partial charge in [-0.05, 0) is 44.6 Å². The van der Waals surface area contributed by atoms with Crippen LogP contribution in [0.2, 0.25) is 0 Å². The molecule has 1 fully saturated rings. The maximum absolute atomic E-state index is 4.75. The molecule has 5 heteroatoms. The molecule has 1 aliphatic heterocycles. The van der Waals surface area contributed by atoms with Crippen LogP contribution in [0.5, 0.6) is 0 Å². The molecule has 0 aromatic carbocycles. The first-order chi connectivity index (χ1) is 9.24. The van der Waals surface area contributed by atoms with Gasteiger partial charge >= 0.3 is 0 Å². The molecule has 4 nitrogen and oxygen atoms in total. The Kier molecular flexibility index (Phi) is 3.55. The first kappa shape index (κ1) is 12.7. The number of nitrogens with one attached hydrogen (secondary N) is 1. The minimum absolute atomic E-state index is 0.382. The number of hydrogen-bond donors (Lipinski definition) is 1. The zero-order valence-corrected chi connectivity index (χ0v) is 12.3. The van der Waals surface area contributed by atoms with E-state index in [9.17, 15) is 0 Å². The van der Waals surface area contributed by atoms with Crippen LogP contribution in [0, 0.1) is 0 Å². The lowest BCUT2D eigenvalue weighted by atomic mass is 10.1. The Balaban J connectivity index is 1.99. The van der Waals surface area contributed by atoms with Crippen molar-refractivity contribution in [3.8, 4) is 0 Å². The van der Waals surface area contributed by atoms with Crippen LogP contribution in [0.3, 0.4) is 0 Å². The van der Waals surface area contributed by atoms with E-state index in [4.69, 9.17) is 9.97 Å². The Morgan fingerprint density at radius 3 is 2.74 bits per heavy atom. The van der Waals surface area contributed by atoms with Crippen LogP contribution >= 0.6 is 11.3 Å². The van der Waals surface area contributed by atoms with E-state index in [2.05, 4.69) is 35.5 Å². The highest BCUT2D eigenvalue weighted by atomic mass is 32.1. The molecule has 1 aliphatic rings. The van der Waals surface area contributed by atoms with Crippen molar-refractivity contribution in [3.63, 3.8) is 0 Å². The highest BCUT2D eigenvalue weighted by Gasteiger charge is 2.17. The third-order valence-corrected chi connectivity index (χ3v) is 4.18. The van der Waals surface area contributed by atoms with Gasteiger partial charge in [-0.25, -0.2) is 4.98 Å². The molecule has 0 bridgehead atoms. The van der Waals surface area contributed by atoms with Gasteiger partial charge in [0.15, 0.2) is 0 Å². The van der Waals surface area contributed by atoms with Crippen LogP contribution in [-0.4, -0.2) is 29.1 Å². The third-order valence-electron chi connectivity index (χ3n) is 3.38. The Labute approximate surface area is 117 Å². The Bertz CT molecular complexity index is 558. The van der Waals surface area contributed by atoms with Crippen LogP contribution in [0.1, 0.15) is 33.1 Å². The average Bonchev–Trinajstić information content (AvgIpc) is 2.87. The second-order valence-corrected chi connectivity index (χ2v) is 6.25. The average molecular weight is 276 g/mol. The fourth-order valence-electron chi connectivity index (χ4n) is 2.46. The van der Waals surface area contributed by atoms with Crippen molar-refractivity contribution in [3.05, 3.63) is 11.4 Å². The SMILES string of the molecule is CC(C)Nc1nc(N2CCCCC2)nc2sccc12. The summed E-state index contributed by atoms with van der Waals surface area (Å²) in [7, 11) is 0. The molecule has 2 aromatic heterocycles. The summed E-state index contributed by atoms with van der Waals surface area (Å²) >= 11 is 1.69. The molecule has 2 aromatic rings. The van der Waals surface area contributed by atoms with Crippen molar-refractivity contribution in [1.29, 1.82) is 0 Å². The van der Waals surface area contributed by atoms with Gasteiger partial charge in [-0.3, -0.25) is 0 Å². The van der Waals surface area contributed by atoms with Gasteiger partial charge in [0.2, 0.25) is 5.95 Å². The normalized spacial score (nSPS) is 16.3. The van der Waals surface area contributed by atoms with Gasteiger partial charge in [-0.2, -0.15) is 4.98 Å². The lowest BCUT2D eigenvalue weighted by molar-refractivity contribution is 0.569. The standard InChI is InChI=1S/C14H20N4S/c1-10(2)15-12-11-6-9-19-13(11)17-14(16-12)18-7-4-3-5-8-18/h6,9-10H,3-5,7-8H2,1-2H3,(H,15,16,17). The van der Waals surface area contributed by atoms with Crippen LogP contribution in [0.4, 0.5) is 11.8 Å². The third kappa shape index (κ3) is 2.66. The quantitative estimate of drug-likeness (QED) is 0.931. The molecule has 0 radical (unpaired) electrons. The Morgan fingerprint density at radius 1 is 1.21 bits per heavy atom. The lowest BCUT2D eigenvalue weighted by Gasteiger charge is -2.27. The number of fused-ring (bicyclic) bond motifs is 1. The van der Waals surface area contributed by atoms with Gasteiger partial charge in [0.1, 0.15) is 10.6 Å². The largest absolute Gasteiger partial charge is 0.367 e. The van der Waals surface area contributed by atoms with E-state index in [1.54, 1.807) is 11.3 Å². The second kappa shape index (κ2) is 5.33. The van der Waals surface area contributed by atoms with Crippen molar-refractivity contribution in [2.75, 3.05) is 23.3 Å². The molecule has 1 saturated heterocycles. The van der Waals surface area contributed by atoms with Gasteiger partial charge in [-0.1, -0.05) is 0 Å². The molecule has 19 heavy (non-hydrogen) atoms. The Morgan fingerprint density at radius 2 is 2.00 bits per heavy atom. The first-order valence-corrected chi connectivity index (χ1v) is 7.89. The van der Waals surface area contributed by atoms with Crippen molar-refractivity contribution in [1.82, 2.24) is 9.97 Å². The maximum Gasteiger partial charge on any atom is 0.228 e. The monoisotopic (exact) mass is 276 g/mol. The minimum atomic E-state index is 0.382. The van der Waals surface area contributed by atoms with Crippen LogP contribution < -0.4 is 10.2 Å². The first-order valence-electron chi connectivity index (χ1n) is 7.01.